The van der Waals surface area contributed by atoms with Crippen LogP contribution in [0.25, 0.3) is 0 Å². The van der Waals surface area contributed by atoms with Crippen LogP contribution in [0.5, 0.6) is 0 Å². The van der Waals surface area contributed by atoms with Crippen LogP contribution in [0.1, 0.15) is 13.8 Å². The first-order valence-electron chi connectivity index (χ1n) is 4.64. The second-order valence-corrected chi connectivity index (χ2v) is 3.78. The fraction of sp³-hybridized carbons (Fsp3) is 0.889. The van der Waals surface area contributed by atoms with Gasteiger partial charge in [-0.3, -0.25) is 4.79 Å². The van der Waals surface area contributed by atoms with Gasteiger partial charge in [-0.25, -0.2) is 0 Å². The first-order chi connectivity index (χ1) is 6.08. The average Bonchev–Trinajstić information content (AvgIpc) is 2.18. The van der Waals surface area contributed by atoms with Crippen molar-refractivity contribution in [1.29, 1.82) is 0 Å². The molecule has 13 heavy (non-hydrogen) atoms. The van der Waals surface area contributed by atoms with E-state index in [1.807, 2.05) is 18.7 Å². The molecule has 1 aliphatic heterocycles. The third kappa shape index (κ3) is 2.42. The number of carbonyl (C=O) groups excluding carboxylic acids is 1. The number of amides is 1. The summed E-state index contributed by atoms with van der Waals surface area (Å²) in [4.78, 5) is 13.7. The molecule has 0 saturated carbocycles. The van der Waals surface area contributed by atoms with Crippen LogP contribution in [0, 0.1) is 0 Å². The molecule has 0 unspecified atom stereocenters. The van der Waals surface area contributed by atoms with E-state index in [0.29, 0.717) is 26.3 Å². The predicted molar refractivity (Wildman–Crippen MR) is 50.5 cm³/mol. The Morgan fingerprint density at radius 2 is 1.92 bits per heavy atom. The van der Waals surface area contributed by atoms with Crippen LogP contribution in [-0.4, -0.2) is 49.7 Å². The highest BCUT2D eigenvalue weighted by molar-refractivity contribution is 5.85. The Labute approximate surface area is 79.2 Å². The Morgan fingerprint density at radius 1 is 1.38 bits per heavy atom. The zero-order chi connectivity index (χ0) is 9.90. The smallest absolute Gasteiger partial charge is 0.242 e. The van der Waals surface area contributed by atoms with Gasteiger partial charge in [0, 0.05) is 13.1 Å². The molecule has 4 heteroatoms. The fourth-order valence-electron chi connectivity index (χ4n) is 1.27. The number of hydrogen-bond acceptors (Lipinski definition) is 3. The molecule has 1 fully saturated rings. The van der Waals surface area contributed by atoms with Gasteiger partial charge in [0.05, 0.1) is 18.8 Å². The third-order valence-corrected chi connectivity index (χ3v) is 2.46. The van der Waals surface area contributed by atoms with Crippen molar-refractivity contribution < 1.29 is 9.53 Å². The Bertz CT molecular complexity index is 186. The van der Waals surface area contributed by atoms with Crippen molar-refractivity contribution in [2.45, 2.75) is 19.4 Å². The largest absolute Gasteiger partial charge is 0.378 e. The van der Waals surface area contributed by atoms with Crippen molar-refractivity contribution in [1.82, 2.24) is 10.2 Å². The lowest BCUT2D eigenvalue weighted by Crippen LogP contribution is -2.55. The van der Waals surface area contributed by atoms with Crippen molar-refractivity contribution in [2.24, 2.45) is 0 Å². The second-order valence-electron chi connectivity index (χ2n) is 3.78. The fourth-order valence-corrected chi connectivity index (χ4v) is 1.27. The summed E-state index contributed by atoms with van der Waals surface area (Å²) in [7, 11) is 1.80. The summed E-state index contributed by atoms with van der Waals surface area (Å²) in [6, 6.07) is 0. The van der Waals surface area contributed by atoms with Crippen LogP contribution in [0.2, 0.25) is 0 Å². The topological polar surface area (TPSA) is 41.6 Å². The molecule has 0 radical (unpaired) electrons. The molecule has 0 bridgehead atoms. The van der Waals surface area contributed by atoms with Crippen LogP contribution in [0.4, 0.5) is 0 Å². The van der Waals surface area contributed by atoms with Crippen LogP contribution in [0.3, 0.4) is 0 Å². The monoisotopic (exact) mass is 186 g/mol. The van der Waals surface area contributed by atoms with E-state index in [1.165, 1.54) is 0 Å². The lowest BCUT2D eigenvalue weighted by atomic mass is 10.0. The molecular formula is C9H18N2O2. The maximum absolute atomic E-state index is 11.9. The minimum atomic E-state index is -0.461. The number of hydrogen-bond donors (Lipinski definition) is 1. The summed E-state index contributed by atoms with van der Waals surface area (Å²) in [5.74, 6) is 0.151. The first kappa shape index (κ1) is 10.5. The van der Waals surface area contributed by atoms with Crippen molar-refractivity contribution in [3.8, 4) is 0 Å². The zero-order valence-corrected chi connectivity index (χ0v) is 8.59. The second kappa shape index (κ2) is 4.07. The summed E-state index contributed by atoms with van der Waals surface area (Å²) >= 11 is 0. The molecule has 0 atom stereocenters. The Kier molecular flexibility index (Phi) is 3.27. The van der Waals surface area contributed by atoms with Gasteiger partial charge in [-0.05, 0) is 20.9 Å². The third-order valence-electron chi connectivity index (χ3n) is 2.46. The number of ether oxygens (including phenoxy) is 1. The van der Waals surface area contributed by atoms with Crippen LogP contribution in [0.15, 0.2) is 0 Å². The molecule has 4 nitrogen and oxygen atoms in total. The van der Waals surface area contributed by atoms with E-state index >= 15 is 0 Å². The Balaban J connectivity index is 2.55. The molecule has 0 aliphatic carbocycles. The lowest BCUT2D eigenvalue weighted by molar-refractivity contribution is -0.141. The molecule has 1 heterocycles. The van der Waals surface area contributed by atoms with E-state index in [4.69, 9.17) is 4.74 Å². The quantitative estimate of drug-likeness (QED) is 0.651. The highest BCUT2D eigenvalue weighted by Gasteiger charge is 2.30. The van der Waals surface area contributed by atoms with Crippen LogP contribution >= 0.6 is 0 Å². The van der Waals surface area contributed by atoms with Crippen LogP contribution in [-0.2, 0) is 9.53 Å². The van der Waals surface area contributed by atoms with Gasteiger partial charge < -0.3 is 15.0 Å². The molecule has 0 aromatic rings. The molecule has 0 aromatic carbocycles. The van der Waals surface area contributed by atoms with Crippen molar-refractivity contribution in [2.75, 3.05) is 33.4 Å². The van der Waals surface area contributed by atoms with Gasteiger partial charge in [0.1, 0.15) is 0 Å². The number of rotatable bonds is 2. The van der Waals surface area contributed by atoms with E-state index in [-0.39, 0.29) is 5.91 Å². The molecule has 1 rings (SSSR count). The van der Waals surface area contributed by atoms with E-state index in [0.717, 1.165) is 0 Å². The zero-order valence-electron chi connectivity index (χ0n) is 8.59. The molecular weight excluding hydrogens is 168 g/mol. The van der Waals surface area contributed by atoms with Gasteiger partial charge in [0.25, 0.3) is 0 Å². The maximum Gasteiger partial charge on any atom is 0.242 e. The van der Waals surface area contributed by atoms with Gasteiger partial charge in [-0.1, -0.05) is 0 Å². The normalized spacial score (nSPS) is 18.8. The molecule has 0 spiro atoms. The molecule has 1 saturated heterocycles. The number of morpholine rings is 1. The molecule has 0 aromatic heterocycles. The van der Waals surface area contributed by atoms with Gasteiger partial charge in [0.15, 0.2) is 0 Å². The number of nitrogens with one attached hydrogen (secondary N) is 1. The van der Waals surface area contributed by atoms with Crippen molar-refractivity contribution in [3.05, 3.63) is 0 Å². The Morgan fingerprint density at radius 3 is 2.38 bits per heavy atom. The molecule has 1 amide bonds. The molecule has 1 N–H and O–H groups in total. The SMILES string of the molecule is CNC(C)(C)C(=O)N1CCOCC1. The minimum Gasteiger partial charge on any atom is -0.378 e. The number of carbonyl (C=O) groups is 1. The van der Waals surface area contributed by atoms with E-state index in [2.05, 4.69) is 5.32 Å². The predicted octanol–water partition coefficient (Wildman–Crippen LogP) is -0.157. The van der Waals surface area contributed by atoms with Gasteiger partial charge in [-0.15, -0.1) is 0 Å². The summed E-state index contributed by atoms with van der Waals surface area (Å²) < 4.78 is 5.18. The Hall–Kier alpha value is -0.610. The van der Waals surface area contributed by atoms with Crippen LogP contribution < -0.4 is 5.32 Å². The van der Waals surface area contributed by atoms with E-state index in [1.54, 1.807) is 7.05 Å². The van der Waals surface area contributed by atoms with Gasteiger partial charge in [0.2, 0.25) is 5.91 Å². The van der Waals surface area contributed by atoms with Gasteiger partial charge in [-0.2, -0.15) is 0 Å². The minimum absolute atomic E-state index is 0.151. The number of likely N-dealkylation sites (N-methyl/N-ethyl adjacent to an activating group) is 1. The first-order valence-corrected chi connectivity index (χ1v) is 4.64. The molecule has 1 aliphatic rings. The summed E-state index contributed by atoms with van der Waals surface area (Å²) in [6.07, 6.45) is 0. The standard InChI is InChI=1S/C9H18N2O2/c1-9(2,10-3)8(12)11-4-6-13-7-5-11/h10H,4-7H2,1-3H3. The summed E-state index contributed by atoms with van der Waals surface area (Å²) in [6.45, 7) is 6.53. The van der Waals surface area contributed by atoms with Crippen molar-refractivity contribution in [3.63, 3.8) is 0 Å². The number of nitrogens with zero attached hydrogens (tertiary/aromatic N) is 1. The maximum atomic E-state index is 11.9. The molecule has 76 valence electrons. The lowest BCUT2D eigenvalue weighted by Gasteiger charge is -2.33. The summed E-state index contributed by atoms with van der Waals surface area (Å²) in [5.41, 5.74) is -0.461. The van der Waals surface area contributed by atoms with Gasteiger partial charge >= 0.3 is 0 Å². The average molecular weight is 186 g/mol. The van der Waals surface area contributed by atoms with E-state index in [9.17, 15) is 4.79 Å². The highest BCUT2D eigenvalue weighted by atomic mass is 16.5. The van der Waals surface area contributed by atoms with E-state index < -0.39 is 5.54 Å². The highest BCUT2D eigenvalue weighted by Crippen LogP contribution is 2.08. The van der Waals surface area contributed by atoms with Crippen molar-refractivity contribution >= 4 is 5.91 Å². The summed E-state index contributed by atoms with van der Waals surface area (Å²) in [5, 5.41) is 3.01.